The predicted octanol–water partition coefficient (Wildman–Crippen LogP) is 4.74. The van der Waals surface area contributed by atoms with Crippen LogP contribution < -0.4 is 20.7 Å². The molecule has 4 heterocycles. The minimum absolute atomic E-state index is 0.102. The summed E-state index contributed by atoms with van der Waals surface area (Å²) in [5.41, 5.74) is 2.89. The van der Waals surface area contributed by atoms with Crippen LogP contribution in [0.1, 0.15) is 73.3 Å². The molecule has 0 radical (unpaired) electrons. The van der Waals surface area contributed by atoms with Gasteiger partial charge < -0.3 is 30.3 Å². The number of hydrogen-bond donors (Lipinski definition) is 3. The maximum atomic E-state index is 12.7. The summed E-state index contributed by atoms with van der Waals surface area (Å²) >= 11 is 0. The highest BCUT2D eigenvalue weighted by Crippen LogP contribution is 2.37. The number of esters is 1. The van der Waals surface area contributed by atoms with E-state index in [-0.39, 0.29) is 17.6 Å². The summed E-state index contributed by atoms with van der Waals surface area (Å²) in [4.78, 5) is 47.6. The molecule has 1 aliphatic heterocycles. The summed E-state index contributed by atoms with van der Waals surface area (Å²) in [6, 6.07) is 11.1. The van der Waals surface area contributed by atoms with Crippen LogP contribution in [0.4, 0.5) is 23.0 Å². The van der Waals surface area contributed by atoms with Gasteiger partial charge in [-0.3, -0.25) is 19.1 Å². The number of aryl methyl sites for hydroxylation is 1. The van der Waals surface area contributed by atoms with Crippen LogP contribution in [0.5, 0.6) is 5.75 Å². The molecular formula is C35H44N10O5. The lowest BCUT2D eigenvalue weighted by atomic mass is 9.90. The average molecular weight is 685 g/mol. The van der Waals surface area contributed by atoms with Gasteiger partial charge in [0.15, 0.2) is 23.1 Å². The Balaban J connectivity index is 1.19. The van der Waals surface area contributed by atoms with Crippen LogP contribution in [0.15, 0.2) is 48.9 Å². The number of aromatic nitrogens is 6. The highest BCUT2D eigenvalue weighted by atomic mass is 16.5. The third kappa shape index (κ3) is 9.09. The summed E-state index contributed by atoms with van der Waals surface area (Å²) in [5.74, 6) is 1.88. The molecule has 15 heteroatoms. The molecule has 3 N–H and O–H groups in total. The zero-order chi connectivity index (χ0) is 35.5. The molecule has 50 heavy (non-hydrogen) atoms. The number of carbonyl (C=O) groups excluding carboxylic acids is 3. The van der Waals surface area contributed by atoms with Crippen molar-refractivity contribution in [3.8, 4) is 17.1 Å². The Bertz CT molecular complexity index is 1770. The van der Waals surface area contributed by atoms with Gasteiger partial charge in [0.2, 0.25) is 5.91 Å². The first-order valence-corrected chi connectivity index (χ1v) is 16.8. The van der Waals surface area contributed by atoms with E-state index in [0.717, 1.165) is 57.2 Å². The third-order valence-electron chi connectivity index (χ3n) is 8.68. The van der Waals surface area contributed by atoms with E-state index >= 15 is 0 Å². The number of ether oxygens (including phenoxy) is 2. The zero-order valence-electron chi connectivity index (χ0n) is 28.9. The molecule has 3 aromatic heterocycles. The molecule has 4 aromatic rings. The summed E-state index contributed by atoms with van der Waals surface area (Å²) in [7, 11) is 6.28. The summed E-state index contributed by atoms with van der Waals surface area (Å²) in [6.45, 7) is 1.45. The fourth-order valence-electron chi connectivity index (χ4n) is 5.95. The second-order valence-corrected chi connectivity index (χ2v) is 12.1. The summed E-state index contributed by atoms with van der Waals surface area (Å²) < 4.78 is 12.0. The fraction of sp³-hybridized carbons (Fsp3) is 0.429. The van der Waals surface area contributed by atoms with Gasteiger partial charge >= 0.3 is 5.97 Å². The van der Waals surface area contributed by atoms with Crippen molar-refractivity contribution in [3.63, 3.8) is 0 Å². The van der Waals surface area contributed by atoms with Crippen LogP contribution >= 0.6 is 0 Å². The van der Waals surface area contributed by atoms with E-state index in [9.17, 15) is 14.4 Å². The molecular weight excluding hydrogens is 640 g/mol. The number of anilines is 4. The Morgan fingerprint density at radius 1 is 0.900 bits per heavy atom. The first-order chi connectivity index (χ1) is 24.3. The Labute approximate surface area is 291 Å². The van der Waals surface area contributed by atoms with Crippen molar-refractivity contribution < 1.29 is 23.9 Å². The summed E-state index contributed by atoms with van der Waals surface area (Å²) in [6.07, 6.45) is 9.66. The van der Waals surface area contributed by atoms with Gasteiger partial charge in [-0.15, -0.1) is 10.2 Å². The van der Waals surface area contributed by atoms with Crippen molar-refractivity contribution in [3.05, 3.63) is 60.2 Å². The molecule has 0 saturated carbocycles. The number of piperidine rings is 1. The molecule has 0 aliphatic carbocycles. The number of rotatable bonds is 15. The lowest BCUT2D eigenvalue weighted by Gasteiger charge is -2.32. The lowest BCUT2D eigenvalue weighted by molar-refractivity contribution is -0.140. The van der Waals surface area contributed by atoms with Gasteiger partial charge in [-0.1, -0.05) is 25.0 Å². The number of carbonyl (C=O) groups is 3. The Morgan fingerprint density at radius 3 is 2.34 bits per heavy atom. The monoisotopic (exact) mass is 684 g/mol. The van der Waals surface area contributed by atoms with E-state index in [1.54, 1.807) is 31.2 Å². The average Bonchev–Trinajstić information content (AvgIpc) is 3.58. The van der Waals surface area contributed by atoms with Gasteiger partial charge in [0.1, 0.15) is 12.1 Å². The number of pyridine rings is 1. The molecule has 15 nitrogen and oxygen atoms in total. The number of benzene rings is 1. The lowest BCUT2D eigenvalue weighted by Crippen LogP contribution is -2.37. The number of amides is 2. The van der Waals surface area contributed by atoms with Crippen molar-refractivity contribution in [1.29, 1.82) is 0 Å². The topological polar surface area (TPSA) is 178 Å². The van der Waals surface area contributed by atoms with Crippen molar-refractivity contribution in [2.75, 3.05) is 45.0 Å². The molecule has 264 valence electrons. The van der Waals surface area contributed by atoms with Gasteiger partial charge in [-0.2, -0.15) is 5.10 Å². The Hall–Kier alpha value is -5.60. The quantitative estimate of drug-likeness (QED) is 0.116. The van der Waals surface area contributed by atoms with E-state index < -0.39 is 5.91 Å². The Kier molecular flexibility index (Phi) is 12.3. The SMILES string of the molecule is CNC(=O)c1nnc(Nc2ccc(C3CCN(C(=O)CCCCCCC(=O)OC)CC3)cn2)cc1Nc1cccc(-c2ncn(C)n2)c1OC. The molecule has 2 amide bonds. The van der Waals surface area contributed by atoms with Crippen molar-refractivity contribution >= 4 is 40.8 Å². The van der Waals surface area contributed by atoms with Crippen molar-refractivity contribution in [1.82, 2.24) is 40.2 Å². The largest absolute Gasteiger partial charge is 0.494 e. The van der Waals surface area contributed by atoms with E-state index in [4.69, 9.17) is 4.74 Å². The number of likely N-dealkylation sites (tertiary alicyclic amines) is 1. The fourth-order valence-corrected chi connectivity index (χ4v) is 5.95. The number of nitrogens with zero attached hydrogens (tertiary/aromatic N) is 7. The molecule has 0 atom stereocenters. The van der Waals surface area contributed by atoms with Gasteiger partial charge in [-0.05, 0) is 55.4 Å². The minimum atomic E-state index is -0.407. The first-order valence-electron chi connectivity index (χ1n) is 16.8. The smallest absolute Gasteiger partial charge is 0.305 e. The maximum Gasteiger partial charge on any atom is 0.305 e. The van der Waals surface area contributed by atoms with E-state index in [1.807, 2.05) is 41.4 Å². The van der Waals surface area contributed by atoms with Gasteiger partial charge in [-0.25, -0.2) is 9.97 Å². The van der Waals surface area contributed by atoms with Crippen LogP contribution in [0.2, 0.25) is 0 Å². The maximum absolute atomic E-state index is 12.7. The molecule has 1 aliphatic rings. The second kappa shape index (κ2) is 17.2. The zero-order valence-corrected chi connectivity index (χ0v) is 28.9. The van der Waals surface area contributed by atoms with E-state index in [0.29, 0.717) is 58.9 Å². The Morgan fingerprint density at radius 2 is 1.68 bits per heavy atom. The van der Waals surface area contributed by atoms with Crippen LogP contribution in [-0.4, -0.2) is 87.0 Å². The van der Waals surface area contributed by atoms with Gasteiger partial charge in [0.05, 0.1) is 31.2 Å². The molecule has 1 aromatic carbocycles. The van der Waals surface area contributed by atoms with Crippen LogP contribution in [0.25, 0.3) is 11.4 Å². The van der Waals surface area contributed by atoms with E-state index in [2.05, 4.69) is 46.0 Å². The minimum Gasteiger partial charge on any atom is -0.494 e. The molecule has 0 spiro atoms. The van der Waals surface area contributed by atoms with Gasteiger partial charge in [0, 0.05) is 52.3 Å². The molecule has 1 saturated heterocycles. The van der Waals surface area contributed by atoms with Crippen molar-refractivity contribution in [2.24, 2.45) is 7.05 Å². The first kappa shape index (κ1) is 35.7. The highest BCUT2D eigenvalue weighted by Gasteiger charge is 2.24. The van der Waals surface area contributed by atoms with E-state index in [1.165, 1.54) is 14.2 Å². The third-order valence-corrected chi connectivity index (χ3v) is 8.68. The number of methoxy groups -OCH3 is 2. The molecule has 0 unspecified atom stereocenters. The molecule has 0 bridgehead atoms. The van der Waals surface area contributed by atoms with Crippen LogP contribution in [0, 0.1) is 0 Å². The number of hydrogen-bond acceptors (Lipinski definition) is 12. The highest BCUT2D eigenvalue weighted by molar-refractivity contribution is 5.99. The van der Waals surface area contributed by atoms with Crippen LogP contribution in [-0.2, 0) is 21.4 Å². The normalized spacial score (nSPS) is 13.1. The standard InChI is InChI=1S/C35H44N10O5/c1-36-35(48)32-27(39-26-11-9-10-25(33(26)50-4)34-38-22-44(2)43-34)20-29(41-42-32)40-28-15-14-24(21-37-28)23-16-18-45(19-17-23)30(46)12-7-5-6-8-13-31(47)49-3/h9-11,14-15,20-23H,5-8,12-13,16-19H2,1-4H3,(H,36,48)(H2,37,39,40,41). The van der Waals surface area contributed by atoms with Crippen LogP contribution in [0.3, 0.4) is 0 Å². The second-order valence-electron chi connectivity index (χ2n) is 12.1. The van der Waals surface area contributed by atoms with Crippen molar-refractivity contribution in [2.45, 2.75) is 57.3 Å². The summed E-state index contributed by atoms with van der Waals surface area (Å²) in [5, 5.41) is 21.9. The number of unbranched alkanes of at least 4 members (excludes halogenated alkanes) is 3. The molecule has 1 fully saturated rings. The predicted molar refractivity (Wildman–Crippen MR) is 187 cm³/mol. The van der Waals surface area contributed by atoms with Gasteiger partial charge in [0.25, 0.3) is 5.91 Å². The molecule has 5 rings (SSSR count). The number of para-hydroxylation sites is 1. The number of nitrogens with one attached hydrogen (secondary N) is 3.